The third-order valence-corrected chi connectivity index (χ3v) is 4.21. The highest BCUT2D eigenvalue weighted by atomic mass is 16.3. The topological polar surface area (TPSA) is 75.1 Å². The molecule has 0 saturated carbocycles. The number of aromatic hydroxyl groups is 1. The number of ketones is 1. The fourth-order valence-corrected chi connectivity index (χ4v) is 2.99. The average molecular weight is 317 g/mol. The van der Waals surface area contributed by atoms with E-state index in [2.05, 4.69) is 15.3 Å². The summed E-state index contributed by atoms with van der Waals surface area (Å²) in [5.41, 5.74) is 3.27. The Hall–Kier alpha value is -3.21. The van der Waals surface area contributed by atoms with E-state index in [1.165, 1.54) is 6.07 Å². The van der Waals surface area contributed by atoms with Crippen LogP contribution in [0.25, 0.3) is 11.1 Å². The van der Waals surface area contributed by atoms with Gasteiger partial charge in [0, 0.05) is 47.4 Å². The summed E-state index contributed by atoms with van der Waals surface area (Å²) in [7, 11) is 0. The molecule has 2 aromatic heterocycles. The Morgan fingerprint density at radius 3 is 2.83 bits per heavy atom. The van der Waals surface area contributed by atoms with E-state index >= 15 is 0 Å². The van der Waals surface area contributed by atoms with Crippen molar-refractivity contribution in [3.05, 3.63) is 72.2 Å². The van der Waals surface area contributed by atoms with E-state index in [-0.39, 0.29) is 17.5 Å². The molecule has 5 nitrogen and oxygen atoms in total. The Bertz CT molecular complexity index is 909. The molecule has 0 radical (unpaired) electrons. The number of pyridine rings is 2. The van der Waals surface area contributed by atoms with Crippen molar-refractivity contribution in [2.45, 2.75) is 5.92 Å². The van der Waals surface area contributed by atoms with Crippen LogP contribution in [-0.4, -0.2) is 27.4 Å². The lowest BCUT2D eigenvalue weighted by atomic mass is 9.92. The highest BCUT2D eigenvalue weighted by molar-refractivity contribution is 6.03. The first kappa shape index (κ1) is 14.4. The highest BCUT2D eigenvalue weighted by Crippen LogP contribution is 2.35. The number of benzene rings is 1. The first-order chi connectivity index (χ1) is 11.7. The summed E-state index contributed by atoms with van der Waals surface area (Å²) < 4.78 is 0. The van der Waals surface area contributed by atoms with Crippen molar-refractivity contribution in [2.75, 3.05) is 11.9 Å². The molecule has 24 heavy (non-hydrogen) atoms. The van der Waals surface area contributed by atoms with Gasteiger partial charge in [-0.15, -0.1) is 0 Å². The zero-order valence-corrected chi connectivity index (χ0v) is 12.8. The van der Waals surface area contributed by atoms with Gasteiger partial charge in [-0.25, -0.2) is 4.98 Å². The maximum Gasteiger partial charge on any atom is 0.172 e. The molecule has 118 valence electrons. The van der Waals surface area contributed by atoms with Gasteiger partial charge in [0.25, 0.3) is 0 Å². The van der Waals surface area contributed by atoms with Crippen LogP contribution in [-0.2, 0) is 0 Å². The van der Waals surface area contributed by atoms with Gasteiger partial charge < -0.3 is 10.4 Å². The van der Waals surface area contributed by atoms with Crippen LogP contribution < -0.4 is 5.32 Å². The molecule has 0 spiro atoms. The predicted octanol–water partition coefficient (Wildman–Crippen LogP) is 3.24. The summed E-state index contributed by atoms with van der Waals surface area (Å²) in [6.07, 6.45) is 5.28. The number of carbonyl (C=O) groups excluding carboxylic acids is 1. The second-order valence-electron chi connectivity index (χ2n) is 5.75. The lowest BCUT2D eigenvalue weighted by Crippen LogP contribution is -2.14. The molecule has 1 atom stereocenters. The van der Waals surface area contributed by atoms with Crippen LogP contribution in [0, 0.1) is 0 Å². The molecule has 5 heteroatoms. The Kier molecular flexibility index (Phi) is 3.46. The fourth-order valence-electron chi connectivity index (χ4n) is 2.99. The van der Waals surface area contributed by atoms with Crippen molar-refractivity contribution in [3.8, 4) is 16.9 Å². The standard InChI is InChI=1S/C19H15N3O2/c23-15-5-1-3-12(7-15)18(24)17-11-22-19-16(17)8-14(10-21-19)13-4-2-6-20-9-13/h1-10,17,23H,11H2,(H,21,22). The number of rotatable bonds is 3. The van der Waals surface area contributed by atoms with Crippen molar-refractivity contribution >= 4 is 11.6 Å². The number of phenols is 1. The monoisotopic (exact) mass is 317 g/mol. The normalized spacial score (nSPS) is 15.6. The van der Waals surface area contributed by atoms with Gasteiger partial charge in [0.05, 0.1) is 5.92 Å². The van der Waals surface area contributed by atoms with Crippen LogP contribution in [0.3, 0.4) is 0 Å². The third kappa shape index (κ3) is 2.50. The fraction of sp³-hybridized carbons (Fsp3) is 0.105. The molecule has 0 bridgehead atoms. The maximum atomic E-state index is 12.8. The molecule has 1 aromatic carbocycles. The first-order valence-electron chi connectivity index (χ1n) is 7.70. The Balaban J connectivity index is 1.72. The van der Waals surface area contributed by atoms with Gasteiger partial charge in [-0.3, -0.25) is 9.78 Å². The van der Waals surface area contributed by atoms with E-state index in [0.717, 1.165) is 22.5 Å². The minimum Gasteiger partial charge on any atom is -0.508 e. The SMILES string of the molecule is O=C(c1cccc(O)c1)C1CNc2ncc(-c3cccnc3)cc21. The quantitative estimate of drug-likeness (QED) is 0.725. The summed E-state index contributed by atoms with van der Waals surface area (Å²) in [4.78, 5) is 21.4. The number of hydrogen-bond acceptors (Lipinski definition) is 5. The van der Waals surface area contributed by atoms with Crippen LogP contribution in [0.2, 0.25) is 0 Å². The third-order valence-electron chi connectivity index (χ3n) is 4.21. The van der Waals surface area contributed by atoms with E-state index in [9.17, 15) is 9.90 Å². The molecular weight excluding hydrogens is 302 g/mol. The lowest BCUT2D eigenvalue weighted by Gasteiger charge is -2.10. The summed E-state index contributed by atoms with van der Waals surface area (Å²) in [5, 5.41) is 12.8. The number of aromatic nitrogens is 2. The van der Waals surface area contributed by atoms with E-state index in [1.54, 1.807) is 36.8 Å². The van der Waals surface area contributed by atoms with Gasteiger partial charge in [-0.1, -0.05) is 18.2 Å². The number of phenolic OH excluding ortho intramolecular Hbond substituents is 1. The number of anilines is 1. The maximum absolute atomic E-state index is 12.8. The van der Waals surface area contributed by atoms with Crippen LogP contribution in [0.5, 0.6) is 5.75 Å². The molecule has 1 aliphatic heterocycles. The van der Waals surface area contributed by atoms with Crippen LogP contribution in [0.15, 0.2) is 61.1 Å². The van der Waals surface area contributed by atoms with Gasteiger partial charge >= 0.3 is 0 Å². The Morgan fingerprint density at radius 2 is 2.04 bits per heavy atom. The van der Waals surface area contributed by atoms with Gasteiger partial charge in [0.15, 0.2) is 5.78 Å². The first-order valence-corrected chi connectivity index (χ1v) is 7.70. The minimum atomic E-state index is -0.314. The molecule has 0 aliphatic carbocycles. The van der Waals surface area contributed by atoms with E-state index in [0.29, 0.717) is 12.1 Å². The van der Waals surface area contributed by atoms with Crippen molar-refractivity contribution in [3.63, 3.8) is 0 Å². The molecule has 1 unspecified atom stereocenters. The van der Waals surface area contributed by atoms with Gasteiger partial charge in [-0.2, -0.15) is 0 Å². The average Bonchev–Trinajstić information content (AvgIpc) is 3.05. The van der Waals surface area contributed by atoms with E-state index in [1.807, 2.05) is 18.2 Å². The molecule has 3 heterocycles. The van der Waals surface area contributed by atoms with Crippen LogP contribution in [0.4, 0.5) is 5.82 Å². The zero-order valence-electron chi connectivity index (χ0n) is 12.8. The molecular formula is C19H15N3O2. The second-order valence-corrected chi connectivity index (χ2v) is 5.75. The number of nitrogens with one attached hydrogen (secondary N) is 1. The van der Waals surface area contributed by atoms with Crippen LogP contribution >= 0.6 is 0 Å². The summed E-state index contributed by atoms with van der Waals surface area (Å²) in [6, 6.07) is 12.3. The van der Waals surface area contributed by atoms with E-state index < -0.39 is 0 Å². The molecule has 1 aliphatic rings. The number of nitrogens with zero attached hydrogens (tertiary/aromatic N) is 2. The van der Waals surface area contributed by atoms with Crippen LogP contribution in [0.1, 0.15) is 21.8 Å². The highest BCUT2D eigenvalue weighted by Gasteiger charge is 2.30. The van der Waals surface area contributed by atoms with Crippen molar-refractivity contribution in [1.82, 2.24) is 9.97 Å². The van der Waals surface area contributed by atoms with Gasteiger partial charge in [0.1, 0.15) is 11.6 Å². The molecule has 3 aromatic rings. The summed E-state index contributed by atoms with van der Waals surface area (Å²) >= 11 is 0. The number of fused-ring (bicyclic) bond motifs is 1. The summed E-state index contributed by atoms with van der Waals surface area (Å²) in [5.74, 6) is 0.489. The van der Waals surface area contributed by atoms with E-state index in [4.69, 9.17) is 0 Å². The van der Waals surface area contributed by atoms with Crippen molar-refractivity contribution in [1.29, 1.82) is 0 Å². The molecule has 0 fully saturated rings. The molecule has 0 amide bonds. The zero-order chi connectivity index (χ0) is 16.5. The number of hydrogen-bond donors (Lipinski definition) is 2. The molecule has 2 N–H and O–H groups in total. The van der Waals surface area contributed by atoms with Gasteiger partial charge in [-0.05, 0) is 24.3 Å². The Labute approximate surface area is 139 Å². The van der Waals surface area contributed by atoms with Gasteiger partial charge in [0.2, 0.25) is 0 Å². The Morgan fingerprint density at radius 1 is 1.12 bits per heavy atom. The minimum absolute atomic E-state index is 0.0257. The number of Topliss-reactive ketones (excluding diaryl/α,β-unsaturated/α-hetero) is 1. The predicted molar refractivity (Wildman–Crippen MR) is 91.1 cm³/mol. The van der Waals surface area contributed by atoms with Crippen molar-refractivity contribution < 1.29 is 9.90 Å². The summed E-state index contributed by atoms with van der Waals surface area (Å²) in [6.45, 7) is 0.507. The number of carbonyl (C=O) groups is 1. The second kappa shape index (κ2) is 5.77. The van der Waals surface area contributed by atoms with Crippen molar-refractivity contribution in [2.24, 2.45) is 0 Å². The molecule has 0 saturated heterocycles. The lowest BCUT2D eigenvalue weighted by molar-refractivity contribution is 0.0966. The molecule has 4 rings (SSSR count). The smallest absolute Gasteiger partial charge is 0.172 e. The largest absolute Gasteiger partial charge is 0.508 e.